The summed E-state index contributed by atoms with van der Waals surface area (Å²) in [5, 5.41) is 19.5. The van der Waals surface area contributed by atoms with Gasteiger partial charge >= 0.3 is 0 Å². The van der Waals surface area contributed by atoms with E-state index in [2.05, 4.69) is 0 Å². The summed E-state index contributed by atoms with van der Waals surface area (Å²) in [6.45, 7) is -0.349. The van der Waals surface area contributed by atoms with E-state index in [1.165, 1.54) is 0 Å². The minimum absolute atomic E-state index is 0.0231. The van der Waals surface area contributed by atoms with E-state index in [1.807, 2.05) is 0 Å². The molecule has 0 amide bonds. The smallest absolute Gasteiger partial charge is 0.272 e. The van der Waals surface area contributed by atoms with Gasteiger partial charge in [-0.3, -0.25) is 10.1 Å². The van der Waals surface area contributed by atoms with E-state index < -0.39 is 37.5 Å². The van der Waals surface area contributed by atoms with Crippen LogP contribution in [0.3, 0.4) is 0 Å². The molecule has 116 valence electrons. The number of hydrogen-bond donors (Lipinski definition) is 1. The Morgan fingerprint density at radius 1 is 1.52 bits per heavy atom. The van der Waals surface area contributed by atoms with Crippen LogP contribution in [-0.2, 0) is 14.8 Å². The molecule has 0 aliphatic carbocycles. The molecule has 10 heteroatoms. The maximum atomic E-state index is 13.8. The predicted octanol–water partition coefficient (Wildman–Crippen LogP) is 0.116. The van der Waals surface area contributed by atoms with Crippen molar-refractivity contribution in [3.8, 4) is 0 Å². The average molecular weight is 320 g/mol. The Balaban J connectivity index is 2.33. The second-order valence-electron chi connectivity index (χ2n) is 4.41. The summed E-state index contributed by atoms with van der Waals surface area (Å²) >= 11 is 0. The van der Waals surface area contributed by atoms with Crippen LogP contribution in [-0.4, -0.2) is 55.2 Å². The highest BCUT2D eigenvalue weighted by Crippen LogP contribution is 2.24. The number of nitro groups is 1. The summed E-state index contributed by atoms with van der Waals surface area (Å²) in [7, 11) is -4.13. The minimum atomic E-state index is -4.13. The first-order valence-corrected chi connectivity index (χ1v) is 7.47. The lowest BCUT2D eigenvalue weighted by molar-refractivity contribution is -0.385. The van der Waals surface area contributed by atoms with E-state index >= 15 is 0 Å². The lowest BCUT2D eigenvalue weighted by Crippen LogP contribution is -2.46. The van der Waals surface area contributed by atoms with E-state index in [4.69, 9.17) is 9.84 Å². The first kappa shape index (κ1) is 15.8. The number of hydrogen-bond acceptors (Lipinski definition) is 6. The molecule has 0 bridgehead atoms. The number of nitro benzene ring substituents is 1. The highest BCUT2D eigenvalue weighted by atomic mass is 32.2. The van der Waals surface area contributed by atoms with E-state index in [0.29, 0.717) is 6.07 Å². The number of rotatable bonds is 4. The maximum absolute atomic E-state index is 13.8. The van der Waals surface area contributed by atoms with Gasteiger partial charge in [0.25, 0.3) is 5.69 Å². The van der Waals surface area contributed by atoms with Crippen LogP contribution < -0.4 is 0 Å². The molecule has 0 radical (unpaired) electrons. The topological polar surface area (TPSA) is 110 Å². The number of non-ortho nitro benzene ring substituents is 1. The van der Waals surface area contributed by atoms with Crippen LogP contribution in [0.5, 0.6) is 0 Å². The zero-order valence-electron chi connectivity index (χ0n) is 10.8. The van der Waals surface area contributed by atoms with Crippen LogP contribution >= 0.6 is 0 Å². The predicted molar refractivity (Wildman–Crippen MR) is 68.6 cm³/mol. The van der Waals surface area contributed by atoms with Crippen molar-refractivity contribution >= 4 is 15.7 Å². The number of aliphatic hydroxyl groups is 1. The zero-order valence-corrected chi connectivity index (χ0v) is 11.6. The normalized spacial score (nSPS) is 20.4. The second-order valence-corrected chi connectivity index (χ2v) is 6.32. The molecule has 1 atom stereocenters. The first-order valence-electron chi connectivity index (χ1n) is 6.03. The van der Waals surface area contributed by atoms with Gasteiger partial charge in [-0.2, -0.15) is 4.31 Å². The third-order valence-corrected chi connectivity index (χ3v) is 4.95. The van der Waals surface area contributed by atoms with Crippen LogP contribution in [0, 0.1) is 15.9 Å². The number of benzene rings is 1. The molecule has 0 saturated carbocycles. The van der Waals surface area contributed by atoms with Crippen molar-refractivity contribution in [2.24, 2.45) is 0 Å². The summed E-state index contributed by atoms with van der Waals surface area (Å²) in [6, 6.07) is 2.36. The van der Waals surface area contributed by atoms with Crippen LogP contribution in [0.15, 0.2) is 23.1 Å². The lowest BCUT2D eigenvalue weighted by atomic mass is 10.3. The van der Waals surface area contributed by atoms with Gasteiger partial charge in [-0.05, 0) is 6.07 Å². The molecule has 1 aliphatic heterocycles. The Bertz CT molecular complexity index is 650. The van der Waals surface area contributed by atoms with Crippen molar-refractivity contribution in [3.63, 3.8) is 0 Å². The Hall–Kier alpha value is -1.62. The number of ether oxygens (including phenoxy) is 1. The molecule has 1 aromatic rings. The minimum Gasteiger partial charge on any atom is -0.394 e. The van der Waals surface area contributed by atoms with Crippen molar-refractivity contribution in [1.82, 2.24) is 4.31 Å². The first-order chi connectivity index (χ1) is 9.86. The van der Waals surface area contributed by atoms with Crippen molar-refractivity contribution in [2.75, 3.05) is 26.3 Å². The van der Waals surface area contributed by atoms with Gasteiger partial charge < -0.3 is 9.84 Å². The van der Waals surface area contributed by atoms with Crippen molar-refractivity contribution < 1.29 is 27.6 Å². The van der Waals surface area contributed by atoms with Gasteiger partial charge in [0.1, 0.15) is 10.7 Å². The molecule has 1 aliphatic rings. The second kappa shape index (κ2) is 6.02. The largest absolute Gasteiger partial charge is 0.394 e. The molecule has 2 rings (SSSR count). The van der Waals surface area contributed by atoms with E-state index in [-0.39, 0.29) is 26.3 Å². The number of morpholine rings is 1. The highest BCUT2D eigenvalue weighted by molar-refractivity contribution is 7.89. The standard InChI is InChI=1S/C11H13FN2O6S/c12-10-5-8(14(16)17)1-2-11(10)21(18,19)13-3-4-20-9(6-13)7-15/h1-2,5,9,15H,3-4,6-7H2. The fourth-order valence-corrected chi connectivity index (χ4v) is 3.47. The van der Waals surface area contributed by atoms with Crippen LogP contribution in [0.1, 0.15) is 0 Å². The Kier molecular flexibility index (Phi) is 4.52. The van der Waals surface area contributed by atoms with E-state index in [0.717, 1.165) is 16.4 Å². The molecule has 1 aromatic carbocycles. The SMILES string of the molecule is O=[N+]([O-])c1ccc(S(=O)(=O)N2CCOC(CO)C2)c(F)c1. The fourth-order valence-electron chi connectivity index (χ4n) is 1.97. The summed E-state index contributed by atoms with van der Waals surface area (Å²) in [5.41, 5.74) is -0.526. The summed E-state index contributed by atoms with van der Waals surface area (Å²) in [5.74, 6) is -1.18. The number of nitrogens with zero attached hydrogens (tertiary/aromatic N) is 2. The van der Waals surface area contributed by atoms with Gasteiger partial charge in [-0.25, -0.2) is 12.8 Å². The molecule has 1 N–H and O–H groups in total. The number of halogens is 1. The maximum Gasteiger partial charge on any atom is 0.272 e. The van der Waals surface area contributed by atoms with Crippen LogP contribution in [0.4, 0.5) is 10.1 Å². The monoisotopic (exact) mass is 320 g/mol. The third-order valence-electron chi connectivity index (χ3n) is 3.05. The van der Waals surface area contributed by atoms with Gasteiger partial charge in [-0.15, -0.1) is 0 Å². The van der Waals surface area contributed by atoms with Crippen molar-refractivity contribution in [2.45, 2.75) is 11.0 Å². The molecule has 0 aromatic heterocycles. The van der Waals surface area contributed by atoms with Crippen LogP contribution in [0.2, 0.25) is 0 Å². The third kappa shape index (κ3) is 3.18. The molecule has 1 fully saturated rings. The quantitative estimate of drug-likeness (QED) is 0.623. The molecular formula is C11H13FN2O6S. The fraction of sp³-hybridized carbons (Fsp3) is 0.455. The molecule has 21 heavy (non-hydrogen) atoms. The van der Waals surface area contributed by atoms with Crippen molar-refractivity contribution in [3.05, 3.63) is 34.1 Å². The van der Waals surface area contributed by atoms with E-state index in [9.17, 15) is 22.9 Å². The molecule has 1 unspecified atom stereocenters. The zero-order chi connectivity index (χ0) is 15.6. The van der Waals surface area contributed by atoms with Crippen molar-refractivity contribution in [1.29, 1.82) is 0 Å². The van der Waals surface area contributed by atoms with E-state index in [1.54, 1.807) is 0 Å². The van der Waals surface area contributed by atoms with Gasteiger partial charge in [0, 0.05) is 19.2 Å². The Morgan fingerprint density at radius 3 is 2.81 bits per heavy atom. The summed E-state index contributed by atoms with van der Waals surface area (Å²) in [6.07, 6.45) is -0.672. The highest BCUT2D eigenvalue weighted by Gasteiger charge is 2.33. The lowest BCUT2D eigenvalue weighted by Gasteiger charge is -2.31. The van der Waals surface area contributed by atoms with Gasteiger partial charge in [0.15, 0.2) is 0 Å². The molecular weight excluding hydrogens is 307 g/mol. The molecule has 1 heterocycles. The van der Waals surface area contributed by atoms with Crippen LogP contribution in [0.25, 0.3) is 0 Å². The summed E-state index contributed by atoms with van der Waals surface area (Å²) < 4.78 is 44.6. The average Bonchev–Trinajstić information content (AvgIpc) is 2.46. The molecule has 8 nitrogen and oxygen atoms in total. The Labute approximate surface area is 119 Å². The van der Waals surface area contributed by atoms with Gasteiger partial charge in [0.05, 0.1) is 30.3 Å². The molecule has 0 spiro atoms. The molecule has 1 saturated heterocycles. The summed E-state index contributed by atoms with van der Waals surface area (Å²) in [4.78, 5) is 9.09. The van der Waals surface area contributed by atoms with Gasteiger partial charge in [0.2, 0.25) is 10.0 Å². The Morgan fingerprint density at radius 2 is 2.24 bits per heavy atom. The van der Waals surface area contributed by atoms with Gasteiger partial charge in [-0.1, -0.05) is 0 Å². The number of aliphatic hydroxyl groups excluding tert-OH is 1. The number of sulfonamides is 1.